The SMILES string of the molecule is C=C(CNC(=O)c1cccs1)N=C(C)c1cc2c(C)cccc2[nH]1. The lowest BCUT2D eigenvalue weighted by Gasteiger charge is -2.04. The summed E-state index contributed by atoms with van der Waals surface area (Å²) in [6.07, 6.45) is 0. The zero-order chi connectivity index (χ0) is 17.1. The molecule has 0 saturated carbocycles. The van der Waals surface area contributed by atoms with E-state index in [-0.39, 0.29) is 5.91 Å². The molecule has 0 aliphatic heterocycles. The summed E-state index contributed by atoms with van der Waals surface area (Å²) in [6, 6.07) is 11.9. The van der Waals surface area contributed by atoms with Gasteiger partial charge in [0, 0.05) is 10.9 Å². The Morgan fingerprint density at radius 1 is 1.33 bits per heavy atom. The molecule has 2 heterocycles. The highest BCUT2D eigenvalue weighted by atomic mass is 32.1. The van der Waals surface area contributed by atoms with Crippen molar-refractivity contribution >= 4 is 33.9 Å². The molecule has 1 aromatic carbocycles. The number of benzene rings is 1. The van der Waals surface area contributed by atoms with E-state index in [4.69, 9.17) is 0 Å². The first kappa shape index (κ1) is 16.2. The van der Waals surface area contributed by atoms with Crippen LogP contribution in [-0.2, 0) is 0 Å². The van der Waals surface area contributed by atoms with Gasteiger partial charge in [-0.2, -0.15) is 0 Å². The lowest BCUT2D eigenvalue weighted by atomic mass is 10.1. The Hall–Kier alpha value is -2.66. The quantitative estimate of drug-likeness (QED) is 0.670. The molecule has 0 aliphatic rings. The van der Waals surface area contributed by atoms with Gasteiger partial charge in [0.25, 0.3) is 5.91 Å². The van der Waals surface area contributed by atoms with Crippen molar-refractivity contribution < 1.29 is 4.79 Å². The molecule has 2 aromatic heterocycles. The van der Waals surface area contributed by atoms with Crippen LogP contribution in [0.5, 0.6) is 0 Å². The Balaban J connectivity index is 1.69. The summed E-state index contributed by atoms with van der Waals surface area (Å²) in [6.45, 7) is 8.28. The first-order valence-corrected chi connectivity index (χ1v) is 8.56. The van der Waals surface area contributed by atoms with Crippen molar-refractivity contribution in [1.29, 1.82) is 0 Å². The maximum atomic E-state index is 11.9. The fraction of sp³-hybridized carbons (Fsp3) is 0.158. The molecule has 0 atom stereocenters. The van der Waals surface area contributed by atoms with Crippen molar-refractivity contribution in [2.45, 2.75) is 13.8 Å². The molecule has 0 fully saturated rings. The molecule has 0 saturated heterocycles. The van der Waals surface area contributed by atoms with E-state index in [0.717, 1.165) is 16.9 Å². The maximum absolute atomic E-state index is 11.9. The van der Waals surface area contributed by atoms with Gasteiger partial charge in [-0.3, -0.25) is 9.79 Å². The highest BCUT2D eigenvalue weighted by Crippen LogP contribution is 2.20. The molecule has 3 aromatic rings. The fourth-order valence-electron chi connectivity index (χ4n) is 2.52. The number of nitrogens with zero attached hydrogens (tertiary/aromatic N) is 1. The number of H-pyrrole nitrogens is 1. The Labute approximate surface area is 144 Å². The lowest BCUT2D eigenvalue weighted by molar-refractivity contribution is 0.0961. The smallest absolute Gasteiger partial charge is 0.261 e. The summed E-state index contributed by atoms with van der Waals surface area (Å²) in [5.41, 5.74) is 4.75. The van der Waals surface area contributed by atoms with E-state index in [0.29, 0.717) is 17.1 Å². The number of hydrogen-bond acceptors (Lipinski definition) is 3. The molecule has 122 valence electrons. The number of hydrogen-bond donors (Lipinski definition) is 2. The molecule has 0 bridgehead atoms. The minimum absolute atomic E-state index is 0.0970. The van der Waals surface area contributed by atoms with Crippen molar-refractivity contribution in [3.05, 3.63) is 70.2 Å². The summed E-state index contributed by atoms with van der Waals surface area (Å²) in [5, 5.41) is 5.90. The number of fused-ring (bicyclic) bond motifs is 1. The van der Waals surface area contributed by atoms with Crippen LogP contribution in [0.25, 0.3) is 10.9 Å². The predicted octanol–water partition coefficient (Wildman–Crippen LogP) is 4.29. The van der Waals surface area contributed by atoms with Crippen LogP contribution in [0.3, 0.4) is 0 Å². The van der Waals surface area contributed by atoms with Gasteiger partial charge in [-0.25, -0.2) is 0 Å². The number of aryl methyl sites for hydroxylation is 1. The standard InChI is InChI=1S/C19H19N3OS/c1-12-6-4-7-16-15(12)10-17(22-16)14(3)21-13(2)11-20-19(23)18-8-5-9-24-18/h4-10,22H,2,11H2,1,3H3,(H,20,23). The fourth-order valence-corrected chi connectivity index (χ4v) is 3.16. The third-order valence-electron chi connectivity index (χ3n) is 3.80. The summed E-state index contributed by atoms with van der Waals surface area (Å²) in [4.78, 5) is 20.5. The average molecular weight is 337 g/mol. The van der Waals surface area contributed by atoms with Gasteiger partial charge in [0.2, 0.25) is 0 Å². The normalized spacial score (nSPS) is 11.7. The van der Waals surface area contributed by atoms with Gasteiger partial charge in [0.15, 0.2) is 0 Å². The van der Waals surface area contributed by atoms with E-state index in [1.807, 2.05) is 24.4 Å². The van der Waals surface area contributed by atoms with E-state index in [1.54, 1.807) is 6.07 Å². The van der Waals surface area contributed by atoms with Crippen LogP contribution in [0.15, 0.2) is 59.0 Å². The van der Waals surface area contributed by atoms with Crippen molar-refractivity contribution in [3.8, 4) is 0 Å². The summed E-state index contributed by atoms with van der Waals surface area (Å²) >= 11 is 1.41. The molecule has 0 radical (unpaired) electrons. The first-order chi connectivity index (χ1) is 11.5. The second-order valence-corrected chi connectivity index (χ2v) is 6.59. The minimum atomic E-state index is -0.0970. The molecule has 2 N–H and O–H groups in total. The second kappa shape index (κ2) is 6.84. The summed E-state index contributed by atoms with van der Waals surface area (Å²) in [7, 11) is 0. The molecule has 0 aliphatic carbocycles. The van der Waals surface area contributed by atoms with Gasteiger partial charge >= 0.3 is 0 Å². The third-order valence-corrected chi connectivity index (χ3v) is 4.66. The Bertz CT molecular complexity index is 919. The summed E-state index contributed by atoms with van der Waals surface area (Å²) in [5.74, 6) is -0.0970. The van der Waals surface area contributed by atoms with E-state index < -0.39 is 0 Å². The maximum Gasteiger partial charge on any atom is 0.261 e. The number of rotatable bonds is 5. The number of aromatic nitrogens is 1. The molecule has 1 amide bonds. The summed E-state index contributed by atoms with van der Waals surface area (Å²) < 4.78 is 0. The van der Waals surface area contributed by atoms with Crippen LogP contribution in [0.2, 0.25) is 0 Å². The van der Waals surface area contributed by atoms with E-state index >= 15 is 0 Å². The minimum Gasteiger partial charge on any atom is -0.354 e. The number of aliphatic imine (C=N–C) groups is 1. The third kappa shape index (κ3) is 3.46. The number of carbonyl (C=O) groups excluding carboxylic acids is 1. The van der Waals surface area contributed by atoms with E-state index in [1.165, 1.54) is 22.3 Å². The number of amides is 1. The topological polar surface area (TPSA) is 57.2 Å². The van der Waals surface area contributed by atoms with Gasteiger partial charge in [-0.15, -0.1) is 11.3 Å². The second-order valence-electron chi connectivity index (χ2n) is 5.64. The zero-order valence-corrected chi connectivity index (χ0v) is 14.5. The number of carbonyl (C=O) groups is 1. The van der Waals surface area contributed by atoms with Crippen LogP contribution >= 0.6 is 11.3 Å². The van der Waals surface area contributed by atoms with Gasteiger partial charge < -0.3 is 10.3 Å². The van der Waals surface area contributed by atoms with Gasteiger partial charge in [0.1, 0.15) is 0 Å². The molecule has 24 heavy (non-hydrogen) atoms. The average Bonchev–Trinajstić information content (AvgIpc) is 3.22. The van der Waals surface area contributed by atoms with Crippen molar-refractivity contribution in [2.24, 2.45) is 4.99 Å². The Morgan fingerprint density at radius 3 is 2.88 bits per heavy atom. The van der Waals surface area contributed by atoms with Crippen LogP contribution < -0.4 is 5.32 Å². The lowest BCUT2D eigenvalue weighted by Crippen LogP contribution is -2.24. The number of thiophene rings is 1. The Kier molecular flexibility index (Phi) is 4.62. The van der Waals surface area contributed by atoms with Crippen molar-refractivity contribution in [1.82, 2.24) is 10.3 Å². The van der Waals surface area contributed by atoms with Crippen LogP contribution in [-0.4, -0.2) is 23.1 Å². The monoisotopic (exact) mass is 337 g/mol. The zero-order valence-electron chi connectivity index (χ0n) is 13.7. The number of aromatic amines is 1. The van der Waals surface area contributed by atoms with Crippen molar-refractivity contribution in [2.75, 3.05) is 6.54 Å². The van der Waals surface area contributed by atoms with E-state index in [2.05, 4.69) is 47.0 Å². The van der Waals surface area contributed by atoms with Gasteiger partial charge in [-0.1, -0.05) is 24.8 Å². The highest BCUT2D eigenvalue weighted by molar-refractivity contribution is 7.12. The van der Waals surface area contributed by atoms with E-state index in [9.17, 15) is 4.79 Å². The predicted molar refractivity (Wildman–Crippen MR) is 101 cm³/mol. The molecular formula is C19H19N3OS. The highest BCUT2D eigenvalue weighted by Gasteiger charge is 2.08. The molecular weight excluding hydrogens is 318 g/mol. The van der Waals surface area contributed by atoms with Crippen LogP contribution in [0.4, 0.5) is 0 Å². The van der Waals surface area contributed by atoms with Crippen molar-refractivity contribution in [3.63, 3.8) is 0 Å². The molecule has 3 rings (SSSR count). The number of nitrogens with one attached hydrogen (secondary N) is 2. The molecule has 0 unspecified atom stereocenters. The van der Waals surface area contributed by atoms with Gasteiger partial charge in [-0.05, 0) is 43.0 Å². The largest absolute Gasteiger partial charge is 0.354 e. The molecule has 5 heteroatoms. The molecule has 0 spiro atoms. The first-order valence-electron chi connectivity index (χ1n) is 7.68. The van der Waals surface area contributed by atoms with Crippen LogP contribution in [0, 0.1) is 6.92 Å². The van der Waals surface area contributed by atoms with Crippen LogP contribution in [0.1, 0.15) is 27.9 Å². The molecule has 4 nitrogen and oxygen atoms in total. The van der Waals surface area contributed by atoms with Gasteiger partial charge in [0.05, 0.1) is 28.5 Å². The Morgan fingerprint density at radius 2 is 2.17 bits per heavy atom.